The summed E-state index contributed by atoms with van der Waals surface area (Å²) >= 11 is 0. The Hall–Kier alpha value is -3.17. The molecule has 0 aliphatic carbocycles. The molecule has 5 nitrogen and oxygen atoms in total. The number of carbonyl (C=O) groups excluding carboxylic acids is 1. The van der Waals surface area contributed by atoms with Crippen molar-refractivity contribution in [3.05, 3.63) is 70.6 Å². The van der Waals surface area contributed by atoms with E-state index >= 15 is 0 Å². The van der Waals surface area contributed by atoms with Gasteiger partial charge in [-0.3, -0.25) is 9.00 Å². The van der Waals surface area contributed by atoms with E-state index in [0.29, 0.717) is 10.5 Å². The summed E-state index contributed by atoms with van der Waals surface area (Å²) in [6.07, 6.45) is -3.49. The van der Waals surface area contributed by atoms with Crippen molar-refractivity contribution in [2.45, 2.75) is 30.0 Å². The zero-order valence-electron chi connectivity index (χ0n) is 16.1. The molecule has 0 aromatic heterocycles. The SMILES string of the molecule is [C-]#[N+]C(C)(COc1cc(C#N)ccc1C(F)(F)F)CC(=O)c1ccc(S(C)=O)cc1. The van der Waals surface area contributed by atoms with Crippen LogP contribution in [-0.4, -0.2) is 28.4 Å². The zero-order chi connectivity index (χ0) is 22.5. The minimum Gasteiger partial charge on any atom is -0.484 e. The predicted octanol–water partition coefficient (Wildman–Crippen LogP) is 4.64. The van der Waals surface area contributed by atoms with E-state index in [0.717, 1.165) is 18.2 Å². The normalized spacial score (nSPS) is 14.1. The second-order valence-corrected chi connectivity index (χ2v) is 8.18. The van der Waals surface area contributed by atoms with Crippen molar-refractivity contribution in [1.82, 2.24) is 0 Å². The van der Waals surface area contributed by atoms with Crippen LogP contribution >= 0.6 is 0 Å². The van der Waals surface area contributed by atoms with Gasteiger partial charge in [-0.25, -0.2) is 6.57 Å². The summed E-state index contributed by atoms with van der Waals surface area (Å²) in [5.41, 5.74) is -2.22. The lowest BCUT2D eigenvalue weighted by Gasteiger charge is -2.19. The molecule has 9 heteroatoms. The number of nitriles is 1. The molecule has 0 heterocycles. The van der Waals surface area contributed by atoms with Crippen molar-refractivity contribution in [3.8, 4) is 11.8 Å². The van der Waals surface area contributed by atoms with Crippen molar-refractivity contribution in [1.29, 1.82) is 5.26 Å². The molecule has 0 aliphatic heterocycles. The molecule has 0 aliphatic rings. The molecular weight excluding hydrogens is 417 g/mol. The van der Waals surface area contributed by atoms with Gasteiger partial charge in [0.15, 0.2) is 12.4 Å². The summed E-state index contributed by atoms with van der Waals surface area (Å²) in [6, 6.07) is 10.5. The molecule has 0 amide bonds. The van der Waals surface area contributed by atoms with Crippen LogP contribution in [0.25, 0.3) is 4.85 Å². The lowest BCUT2D eigenvalue weighted by Crippen LogP contribution is -2.32. The van der Waals surface area contributed by atoms with Gasteiger partial charge in [-0.15, -0.1) is 0 Å². The first-order chi connectivity index (χ1) is 14.0. The molecular formula is C21H17F3N2O3S. The average molecular weight is 434 g/mol. The van der Waals surface area contributed by atoms with Crippen LogP contribution in [0.5, 0.6) is 5.75 Å². The van der Waals surface area contributed by atoms with Crippen LogP contribution in [0.4, 0.5) is 13.2 Å². The molecule has 2 atom stereocenters. The molecule has 2 unspecified atom stereocenters. The van der Waals surface area contributed by atoms with Crippen LogP contribution in [0.2, 0.25) is 0 Å². The highest BCUT2D eigenvalue weighted by molar-refractivity contribution is 7.84. The van der Waals surface area contributed by atoms with E-state index in [4.69, 9.17) is 16.6 Å². The molecule has 2 rings (SSSR count). The van der Waals surface area contributed by atoms with Gasteiger partial charge in [0, 0.05) is 34.4 Å². The smallest absolute Gasteiger partial charge is 0.419 e. The Kier molecular flexibility index (Phi) is 7.01. The maximum absolute atomic E-state index is 13.2. The number of carbonyl (C=O) groups is 1. The molecule has 0 saturated carbocycles. The minimum atomic E-state index is -4.70. The fraction of sp³-hybridized carbons (Fsp3) is 0.286. The maximum atomic E-state index is 13.2. The van der Waals surface area contributed by atoms with Gasteiger partial charge in [-0.2, -0.15) is 18.4 Å². The highest BCUT2D eigenvalue weighted by atomic mass is 32.2. The maximum Gasteiger partial charge on any atom is 0.419 e. The number of ketones is 1. The third kappa shape index (κ3) is 5.68. The van der Waals surface area contributed by atoms with Gasteiger partial charge >= 0.3 is 6.18 Å². The highest BCUT2D eigenvalue weighted by Crippen LogP contribution is 2.37. The summed E-state index contributed by atoms with van der Waals surface area (Å²) in [5, 5.41) is 8.93. The lowest BCUT2D eigenvalue weighted by molar-refractivity contribution is -0.139. The Morgan fingerprint density at radius 2 is 1.87 bits per heavy atom. The number of Topliss-reactive ketones (excluding diaryl/α,β-unsaturated/α-hetero) is 1. The first-order valence-corrected chi connectivity index (χ1v) is 10.1. The van der Waals surface area contributed by atoms with Crippen molar-refractivity contribution >= 4 is 16.6 Å². The summed E-state index contributed by atoms with van der Waals surface area (Å²) in [5.74, 6) is -0.967. The fourth-order valence-corrected chi connectivity index (χ4v) is 3.10. The van der Waals surface area contributed by atoms with E-state index in [-0.39, 0.29) is 12.0 Å². The molecule has 0 N–H and O–H groups in total. The number of ether oxygens (including phenoxy) is 1. The van der Waals surface area contributed by atoms with Gasteiger partial charge in [-0.1, -0.05) is 12.1 Å². The van der Waals surface area contributed by atoms with Crippen molar-refractivity contribution in [2.75, 3.05) is 12.9 Å². The second-order valence-electron chi connectivity index (χ2n) is 6.80. The third-order valence-electron chi connectivity index (χ3n) is 4.27. The van der Waals surface area contributed by atoms with Gasteiger partial charge in [0.1, 0.15) is 5.75 Å². The van der Waals surface area contributed by atoms with E-state index in [9.17, 15) is 22.2 Å². The molecule has 0 fully saturated rings. The number of alkyl halides is 3. The molecule has 2 aromatic carbocycles. The largest absolute Gasteiger partial charge is 0.484 e. The average Bonchev–Trinajstić information content (AvgIpc) is 2.71. The lowest BCUT2D eigenvalue weighted by atomic mass is 9.94. The van der Waals surface area contributed by atoms with Gasteiger partial charge in [-0.05, 0) is 30.3 Å². The van der Waals surface area contributed by atoms with Crippen molar-refractivity contribution in [3.63, 3.8) is 0 Å². The monoisotopic (exact) mass is 434 g/mol. The van der Waals surface area contributed by atoms with Crippen LogP contribution in [0, 0.1) is 17.9 Å². The summed E-state index contributed by atoms with van der Waals surface area (Å²) in [6.45, 7) is 8.34. The molecule has 30 heavy (non-hydrogen) atoms. The van der Waals surface area contributed by atoms with Gasteiger partial charge in [0.25, 0.3) is 5.54 Å². The van der Waals surface area contributed by atoms with E-state index in [2.05, 4.69) is 4.85 Å². The number of nitrogens with zero attached hydrogens (tertiary/aromatic N) is 2. The van der Waals surface area contributed by atoms with E-state index < -0.39 is 46.2 Å². The number of hydrogen-bond acceptors (Lipinski definition) is 4. The standard InChI is InChI=1S/C21H17F3N2O3S/c1-20(26-2,11-18(27)15-5-7-16(8-6-15)30(3)28)13-29-19-10-14(12-25)4-9-17(19)21(22,23)24/h4-10H,11,13H2,1,3H3. The highest BCUT2D eigenvalue weighted by Gasteiger charge is 2.38. The van der Waals surface area contributed by atoms with Crippen LogP contribution in [-0.2, 0) is 17.0 Å². The van der Waals surface area contributed by atoms with Crippen LogP contribution < -0.4 is 4.74 Å². The van der Waals surface area contributed by atoms with Crippen molar-refractivity contribution in [2.24, 2.45) is 0 Å². The van der Waals surface area contributed by atoms with Gasteiger partial charge in [0.2, 0.25) is 0 Å². The second kappa shape index (κ2) is 9.10. The molecule has 2 aromatic rings. The van der Waals surface area contributed by atoms with Gasteiger partial charge < -0.3 is 9.58 Å². The first kappa shape index (κ1) is 23.1. The van der Waals surface area contributed by atoms with E-state index in [1.165, 1.54) is 37.4 Å². The third-order valence-corrected chi connectivity index (χ3v) is 5.21. The Morgan fingerprint density at radius 3 is 2.37 bits per heavy atom. The zero-order valence-corrected chi connectivity index (χ0v) is 16.9. The Bertz CT molecular complexity index is 1050. The molecule has 0 saturated heterocycles. The summed E-state index contributed by atoms with van der Waals surface area (Å²) < 4.78 is 56.3. The summed E-state index contributed by atoms with van der Waals surface area (Å²) in [4.78, 5) is 16.5. The Labute approximate surface area is 174 Å². The quantitative estimate of drug-likeness (QED) is 0.470. The minimum absolute atomic E-state index is 0.0213. The van der Waals surface area contributed by atoms with Crippen molar-refractivity contribution < 1.29 is 26.9 Å². The number of halogens is 3. The Balaban J connectivity index is 2.20. The van der Waals surface area contributed by atoms with Crippen LogP contribution in [0.1, 0.15) is 34.8 Å². The molecule has 0 radical (unpaired) electrons. The fourth-order valence-electron chi connectivity index (χ4n) is 2.58. The molecule has 0 bridgehead atoms. The Morgan fingerprint density at radius 1 is 1.23 bits per heavy atom. The number of hydrogen-bond donors (Lipinski definition) is 0. The topological polar surface area (TPSA) is 71.5 Å². The first-order valence-electron chi connectivity index (χ1n) is 8.58. The predicted molar refractivity (Wildman–Crippen MR) is 104 cm³/mol. The number of rotatable bonds is 7. The molecule has 156 valence electrons. The number of benzene rings is 2. The summed E-state index contributed by atoms with van der Waals surface area (Å²) in [7, 11) is -1.20. The van der Waals surface area contributed by atoms with Crippen LogP contribution in [0.3, 0.4) is 0 Å². The van der Waals surface area contributed by atoms with E-state index in [1.807, 2.05) is 0 Å². The van der Waals surface area contributed by atoms with Gasteiger partial charge in [0.05, 0.1) is 23.6 Å². The van der Waals surface area contributed by atoms with Crippen LogP contribution in [0.15, 0.2) is 47.4 Å². The molecule has 0 spiro atoms. The van der Waals surface area contributed by atoms with E-state index in [1.54, 1.807) is 6.07 Å².